The van der Waals surface area contributed by atoms with Crippen LogP contribution in [0.25, 0.3) is 0 Å². The van der Waals surface area contributed by atoms with Crippen LogP contribution in [0.3, 0.4) is 0 Å². The molecule has 2 N–H and O–H groups in total. The Labute approximate surface area is 145 Å². The van der Waals surface area contributed by atoms with Gasteiger partial charge in [0.1, 0.15) is 0 Å². The van der Waals surface area contributed by atoms with Gasteiger partial charge in [-0.1, -0.05) is 39.1 Å². The molecule has 2 amide bonds. The third kappa shape index (κ3) is 4.22. The summed E-state index contributed by atoms with van der Waals surface area (Å²) in [5.74, 6) is -1.56. The highest BCUT2D eigenvalue weighted by Crippen LogP contribution is 2.25. The normalized spacial score (nSPS) is 10.2. The van der Waals surface area contributed by atoms with Crippen molar-refractivity contribution in [2.45, 2.75) is 6.92 Å². The van der Waals surface area contributed by atoms with E-state index in [0.717, 1.165) is 10.0 Å². The van der Waals surface area contributed by atoms with Crippen LogP contribution in [0.4, 0.5) is 11.4 Å². The summed E-state index contributed by atoms with van der Waals surface area (Å²) in [5.41, 5.74) is 1.80. The molecule has 0 spiro atoms. The number of benzene rings is 2. The Balaban J connectivity index is 2.05. The number of hydrogen-bond acceptors (Lipinski definition) is 2. The smallest absolute Gasteiger partial charge is 0.314 e. The number of rotatable bonds is 2. The second kappa shape index (κ2) is 7.13. The van der Waals surface area contributed by atoms with Gasteiger partial charge < -0.3 is 10.6 Å². The molecule has 0 aromatic heterocycles. The Morgan fingerprint density at radius 1 is 0.955 bits per heavy atom. The van der Waals surface area contributed by atoms with Gasteiger partial charge in [0.05, 0.1) is 10.0 Å². The van der Waals surface area contributed by atoms with E-state index in [9.17, 15) is 9.59 Å². The first-order valence-corrected chi connectivity index (χ1v) is 7.75. The van der Waals surface area contributed by atoms with E-state index in [1.165, 1.54) is 12.1 Å². The van der Waals surface area contributed by atoms with Crippen LogP contribution in [0.1, 0.15) is 5.56 Å². The number of carbonyl (C=O) groups is 2. The van der Waals surface area contributed by atoms with Crippen LogP contribution >= 0.6 is 39.1 Å². The van der Waals surface area contributed by atoms with Gasteiger partial charge in [-0.25, -0.2) is 0 Å². The molecule has 4 nitrogen and oxygen atoms in total. The van der Waals surface area contributed by atoms with Crippen molar-refractivity contribution < 1.29 is 9.59 Å². The van der Waals surface area contributed by atoms with Crippen molar-refractivity contribution in [3.05, 3.63) is 56.5 Å². The molecule has 2 rings (SSSR count). The maximum Gasteiger partial charge on any atom is 0.314 e. The number of nitrogens with one attached hydrogen (secondary N) is 2. The Bertz CT molecular complexity index is 750. The van der Waals surface area contributed by atoms with Crippen LogP contribution < -0.4 is 10.6 Å². The van der Waals surface area contributed by atoms with Gasteiger partial charge in [0, 0.05) is 15.8 Å². The number of amides is 2. The number of carbonyl (C=O) groups excluding carboxylic acids is 2. The predicted molar refractivity (Wildman–Crippen MR) is 92.6 cm³/mol. The molecule has 114 valence electrons. The molecule has 0 fully saturated rings. The van der Waals surface area contributed by atoms with Crippen LogP contribution in [0.15, 0.2) is 40.9 Å². The summed E-state index contributed by atoms with van der Waals surface area (Å²) < 4.78 is 0.892. The highest BCUT2D eigenvalue weighted by molar-refractivity contribution is 9.10. The summed E-state index contributed by atoms with van der Waals surface area (Å²) >= 11 is 15.0. The highest BCUT2D eigenvalue weighted by Gasteiger charge is 2.15. The predicted octanol–water partition coefficient (Wildman–Crippen LogP) is 4.64. The maximum absolute atomic E-state index is 11.9. The lowest BCUT2D eigenvalue weighted by Crippen LogP contribution is -2.29. The third-order valence-corrected chi connectivity index (χ3v) is 4.05. The molecule has 0 saturated carbocycles. The van der Waals surface area contributed by atoms with E-state index in [4.69, 9.17) is 23.2 Å². The monoisotopic (exact) mass is 400 g/mol. The average Bonchev–Trinajstić information content (AvgIpc) is 2.45. The summed E-state index contributed by atoms with van der Waals surface area (Å²) in [4.78, 5) is 23.8. The van der Waals surface area contributed by atoms with Gasteiger partial charge in [-0.2, -0.15) is 0 Å². The fraction of sp³-hybridized carbons (Fsp3) is 0.0667. The second-order valence-electron chi connectivity index (χ2n) is 4.50. The van der Waals surface area contributed by atoms with Gasteiger partial charge in [-0.15, -0.1) is 0 Å². The van der Waals surface area contributed by atoms with Crippen LogP contribution in [0.5, 0.6) is 0 Å². The second-order valence-corrected chi connectivity index (χ2v) is 6.23. The Morgan fingerprint density at radius 3 is 2.27 bits per heavy atom. The molecule has 0 aliphatic carbocycles. The number of hydrogen-bond donors (Lipinski definition) is 2. The zero-order chi connectivity index (χ0) is 16.3. The molecule has 0 atom stereocenters. The maximum atomic E-state index is 11.9. The van der Waals surface area contributed by atoms with Crippen molar-refractivity contribution >= 4 is 62.3 Å². The van der Waals surface area contributed by atoms with Gasteiger partial charge in [0.2, 0.25) is 0 Å². The molecule has 0 radical (unpaired) electrons. The topological polar surface area (TPSA) is 58.2 Å². The molecule has 0 heterocycles. The lowest BCUT2D eigenvalue weighted by Gasteiger charge is -2.09. The van der Waals surface area contributed by atoms with Crippen molar-refractivity contribution in [2.24, 2.45) is 0 Å². The Morgan fingerprint density at radius 2 is 1.64 bits per heavy atom. The van der Waals surface area contributed by atoms with E-state index < -0.39 is 11.8 Å². The lowest BCUT2D eigenvalue weighted by atomic mass is 10.2. The van der Waals surface area contributed by atoms with E-state index in [-0.39, 0.29) is 0 Å². The van der Waals surface area contributed by atoms with Gasteiger partial charge in [-0.3, -0.25) is 9.59 Å². The first kappa shape index (κ1) is 16.8. The van der Waals surface area contributed by atoms with Crippen LogP contribution in [0, 0.1) is 6.92 Å². The van der Waals surface area contributed by atoms with E-state index in [1.54, 1.807) is 18.2 Å². The van der Waals surface area contributed by atoms with Crippen LogP contribution in [-0.2, 0) is 9.59 Å². The summed E-state index contributed by atoms with van der Waals surface area (Å²) in [6.07, 6.45) is 0. The first-order chi connectivity index (χ1) is 10.4. The summed E-state index contributed by atoms with van der Waals surface area (Å²) in [7, 11) is 0. The average molecular weight is 402 g/mol. The van der Waals surface area contributed by atoms with Crippen molar-refractivity contribution in [3.63, 3.8) is 0 Å². The molecule has 7 heteroatoms. The molecule has 22 heavy (non-hydrogen) atoms. The molecule has 0 aliphatic heterocycles. The van der Waals surface area contributed by atoms with Gasteiger partial charge in [0.25, 0.3) is 0 Å². The molecule has 2 aromatic carbocycles. The summed E-state index contributed by atoms with van der Waals surface area (Å²) in [5, 5.41) is 5.68. The third-order valence-electron chi connectivity index (χ3n) is 2.82. The molecule has 0 saturated heterocycles. The van der Waals surface area contributed by atoms with Crippen molar-refractivity contribution in [2.75, 3.05) is 10.6 Å². The van der Waals surface area contributed by atoms with Crippen molar-refractivity contribution in [1.82, 2.24) is 0 Å². The fourth-order valence-electron chi connectivity index (χ4n) is 1.71. The minimum atomic E-state index is -0.791. The molecule has 0 bridgehead atoms. The minimum Gasteiger partial charge on any atom is -0.318 e. The molecular weight excluding hydrogens is 391 g/mol. The van der Waals surface area contributed by atoms with Gasteiger partial charge in [-0.05, 0) is 48.9 Å². The van der Waals surface area contributed by atoms with Crippen molar-refractivity contribution in [1.29, 1.82) is 0 Å². The van der Waals surface area contributed by atoms with Crippen LogP contribution in [0.2, 0.25) is 10.0 Å². The summed E-state index contributed by atoms with van der Waals surface area (Å²) in [6, 6.07) is 9.90. The van der Waals surface area contributed by atoms with Crippen molar-refractivity contribution in [3.8, 4) is 0 Å². The number of aryl methyl sites for hydroxylation is 1. The van der Waals surface area contributed by atoms with Gasteiger partial charge >= 0.3 is 11.8 Å². The number of anilines is 2. The highest BCUT2D eigenvalue weighted by atomic mass is 79.9. The Hall–Kier alpha value is -1.56. The molecule has 0 unspecified atom stereocenters. The standard InChI is InChI=1S/C15H11BrCl2N2O2/c1-8-6-9(16)2-5-13(8)20-15(22)14(21)19-10-3-4-11(17)12(18)7-10/h2-7H,1H3,(H,19,21)(H,20,22). The zero-order valence-electron chi connectivity index (χ0n) is 11.4. The van der Waals surface area contributed by atoms with Crippen LogP contribution in [-0.4, -0.2) is 11.8 Å². The SMILES string of the molecule is Cc1cc(Br)ccc1NC(=O)C(=O)Nc1ccc(Cl)c(Cl)c1. The zero-order valence-corrected chi connectivity index (χ0v) is 14.5. The molecular formula is C15H11BrCl2N2O2. The summed E-state index contributed by atoms with van der Waals surface area (Å²) in [6.45, 7) is 1.83. The Kier molecular flexibility index (Phi) is 5.45. The van der Waals surface area contributed by atoms with E-state index in [2.05, 4.69) is 26.6 Å². The van der Waals surface area contributed by atoms with E-state index in [1.807, 2.05) is 13.0 Å². The quantitative estimate of drug-likeness (QED) is 0.720. The fourth-order valence-corrected chi connectivity index (χ4v) is 2.48. The molecule has 0 aliphatic rings. The minimum absolute atomic E-state index is 0.295. The van der Waals surface area contributed by atoms with Gasteiger partial charge in [0.15, 0.2) is 0 Å². The lowest BCUT2D eigenvalue weighted by molar-refractivity contribution is -0.133. The van der Waals surface area contributed by atoms with E-state index >= 15 is 0 Å². The van der Waals surface area contributed by atoms with E-state index in [0.29, 0.717) is 21.4 Å². The molecule has 2 aromatic rings. The largest absolute Gasteiger partial charge is 0.318 e. The first-order valence-electron chi connectivity index (χ1n) is 6.20. The number of halogens is 3.